The van der Waals surface area contributed by atoms with E-state index in [2.05, 4.69) is 10.6 Å². The number of nitrogens with one attached hydrogen (secondary N) is 2. The molecule has 7 heteroatoms. The van der Waals surface area contributed by atoms with Crippen LogP contribution in [0.15, 0.2) is 42.5 Å². The molecule has 7 nitrogen and oxygen atoms in total. The van der Waals surface area contributed by atoms with E-state index in [4.69, 9.17) is 4.74 Å². The first-order valence-corrected chi connectivity index (χ1v) is 8.06. The summed E-state index contributed by atoms with van der Waals surface area (Å²) >= 11 is 0. The average Bonchev–Trinajstić information content (AvgIpc) is 2.65. The van der Waals surface area contributed by atoms with Crippen LogP contribution in [0.1, 0.15) is 28.3 Å². The Kier molecular flexibility index (Phi) is 4.83. The SMILES string of the molecule is CNC(=O)c1ccc(NCC2CCOc3ccccc32)c([N+](=O)[O-])c1. The van der Waals surface area contributed by atoms with Crippen LogP contribution in [-0.2, 0) is 0 Å². The minimum absolute atomic E-state index is 0.110. The van der Waals surface area contributed by atoms with Gasteiger partial charge in [0.25, 0.3) is 11.6 Å². The molecule has 0 bridgehead atoms. The Balaban J connectivity index is 1.80. The topological polar surface area (TPSA) is 93.5 Å². The number of amides is 1. The predicted octanol–water partition coefficient (Wildman–Crippen LogP) is 2.93. The molecule has 0 saturated heterocycles. The molecule has 2 aromatic rings. The van der Waals surface area contributed by atoms with E-state index >= 15 is 0 Å². The standard InChI is InChI=1S/C18H19N3O4/c1-19-18(22)12-6-7-15(16(10-12)21(23)24)20-11-13-8-9-25-17-5-3-2-4-14(13)17/h2-7,10,13,20H,8-9,11H2,1H3,(H,19,22). The van der Waals surface area contributed by atoms with Crippen molar-refractivity contribution in [2.24, 2.45) is 0 Å². The Morgan fingerprint density at radius 3 is 2.88 bits per heavy atom. The van der Waals surface area contributed by atoms with Gasteiger partial charge in [0.15, 0.2) is 0 Å². The summed E-state index contributed by atoms with van der Waals surface area (Å²) in [5, 5.41) is 17.0. The smallest absolute Gasteiger partial charge is 0.293 e. The zero-order valence-corrected chi connectivity index (χ0v) is 13.8. The Morgan fingerprint density at radius 2 is 2.12 bits per heavy atom. The van der Waals surface area contributed by atoms with Crippen molar-refractivity contribution >= 4 is 17.3 Å². The number of nitrogens with zero attached hydrogens (tertiary/aromatic N) is 1. The number of carbonyl (C=O) groups is 1. The second-order valence-electron chi connectivity index (χ2n) is 5.82. The molecule has 1 unspecified atom stereocenters. The lowest BCUT2D eigenvalue weighted by molar-refractivity contribution is -0.384. The summed E-state index contributed by atoms with van der Waals surface area (Å²) in [5.41, 5.74) is 1.66. The van der Waals surface area contributed by atoms with E-state index in [1.165, 1.54) is 13.1 Å². The molecule has 1 amide bonds. The van der Waals surface area contributed by atoms with Crippen molar-refractivity contribution < 1.29 is 14.5 Å². The number of hydrogen-bond acceptors (Lipinski definition) is 5. The number of hydrogen-bond donors (Lipinski definition) is 2. The molecule has 1 aliphatic heterocycles. The molecule has 2 N–H and O–H groups in total. The van der Waals surface area contributed by atoms with Gasteiger partial charge in [-0.3, -0.25) is 14.9 Å². The van der Waals surface area contributed by atoms with E-state index in [0.717, 1.165) is 17.7 Å². The molecule has 25 heavy (non-hydrogen) atoms. The summed E-state index contributed by atoms with van der Waals surface area (Å²) in [4.78, 5) is 22.5. The summed E-state index contributed by atoms with van der Waals surface area (Å²) in [6.45, 7) is 1.18. The average molecular weight is 341 g/mol. The van der Waals surface area contributed by atoms with Crippen molar-refractivity contribution in [3.63, 3.8) is 0 Å². The summed E-state index contributed by atoms with van der Waals surface area (Å²) < 4.78 is 5.64. The minimum Gasteiger partial charge on any atom is -0.493 e. The highest BCUT2D eigenvalue weighted by atomic mass is 16.6. The molecular formula is C18H19N3O4. The third kappa shape index (κ3) is 3.55. The van der Waals surface area contributed by atoms with Gasteiger partial charge in [-0.05, 0) is 30.2 Å². The maximum Gasteiger partial charge on any atom is 0.293 e. The normalized spacial score (nSPS) is 15.6. The van der Waals surface area contributed by atoms with E-state index in [-0.39, 0.29) is 23.1 Å². The van der Waals surface area contributed by atoms with Gasteiger partial charge in [-0.15, -0.1) is 0 Å². The van der Waals surface area contributed by atoms with E-state index in [9.17, 15) is 14.9 Å². The molecule has 2 aromatic carbocycles. The first kappa shape index (κ1) is 16.8. The second kappa shape index (κ2) is 7.21. The monoisotopic (exact) mass is 341 g/mol. The van der Waals surface area contributed by atoms with Gasteiger partial charge >= 0.3 is 0 Å². The number of anilines is 1. The number of nitro groups is 1. The van der Waals surface area contributed by atoms with Gasteiger partial charge in [0.05, 0.1) is 11.5 Å². The molecular weight excluding hydrogens is 322 g/mol. The molecule has 0 saturated carbocycles. The van der Waals surface area contributed by atoms with Crippen LogP contribution in [0, 0.1) is 10.1 Å². The fourth-order valence-electron chi connectivity index (χ4n) is 2.98. The summed E-state index contributed by atoms with van der Waals surface area (Å²) in [5.74, 6) is 0.723. The zero-order valence-electron chi connectivity index (χ0n) is 13.8. The van der Waals surface area contributed by atoms with Crippen molar-refractivity contribution in [1.29, 1.82) is 0 Å². The van der Waals surface area contributed by atoms with Gasteiger partial charge in [-0.25, -0.2) is 0 Å². The van der Waals surface area contributed by atoms with Crippen LogP contribution in [0.4, 0.5) is 11.4 Å². The number of ether oxygens (including phenoxy) is 1. The lowest BCUT2D eigenvalue weighted by atomic mass is 9.93. The highest BCUT2D eigenvalue weighted by Crippen LogP contribution is 2.34. The van der Waals surface area contributed by atoms with Crippen LogP contribution in [0.2, 0.25) is 0 Å². The molecule has 0 spiro atoms. The molecule has 1 atom stereocenters. The van der Waals surface area contributed by atoms with Crippen LogP contribution < -0.4 is 15.4 Å². The van der Waals surface area contributed by atoms with Gasteiger partial charge in [-0.1, -0.05) is 18.2 Å². The van der Waals surface area contributed by atoms with Gasteiger partial charge in [0.2, 0.25) is 0 Å². The van der Waals surface area contributed by atoms with Crippen LogP contribution in [0.5, 0.6) is 5.75 Å². The van der Waals surface area contributed by atoms with Crippen molar-refractivity contribution in [2.75, 3.05) is 25.5 Å². The highest BCUT2D eigenvalue weighted by molar-refractivity contribution is 5.95. The third-order valence-electron chi connectivity index (χ3n) is 4.31. The first-order valence-electron chi connectivity index (χ1n) is 8.06. The molecule has 0 aliphatic carbocycles. The van der Waals surface area contributed by atoms with Crippen molar-refractivity contribution in [1.82, 2.24) is 5.32 Å². The Bertz CT molecular complexity index is 807. The highest BCUT2D eigenvalue weighted by Gasteiger charge is 2.23. The van der Waals surface area contributed by atoms with E-state index in [1.807, 2.05) is 24.3 Å². The number of para-hydroxylation sites is 1. The number of rotatable bonds is 5. The summed E-state index contributed by atoms with van der Waals surface area (Å²) in [6, 6.07) is 12.3. The molecule has 130 valence electrons. The fourth-order valence-corrected chi connectivity index (χ4v) is 2.98. The molecule has 0 radical (unpaired) electrons. The van der Waals surface area contributed by atoms with Crippen LogP contribution >= 0.6 is 0 Å². The number of benzene rings is 2. The predicted molar refractivity (Wildman–Crippen MR) is 94.3 cm³/mol. The van der Waals surface area contributed by atoms with E-state index in [0.29, 0.717) is 18.8 Å². The van der Waals surface area contributed by atoms with Crippen molar-refractivity contribution in [3.8, 4) is 5.75 Å². The quantitative estimate of drug-likeness (QED) is 0.644. The molecule has 3 rings (SSSR count). The fraction of sp³-hybridized carbons (Fsp3) is 0.278. The second-order valence-corrected chi connectivity index (χ2v) is 5.82. The van der Waals surface area contributed by atoms with E-state index in [1.54, 1.807) is 12.1 Å². The summed E-state index contributed by atoms with van der Waals surface area (Å²) in [7, 11) is 1.49. The number of carbonyl (C=O) groups excluding carboxylic acids is 1. The van der Waals surface area contributed by atoms with Gasteiger partial charge < -0.3 is 15.4 Å². The number of nitro benzene ring substituents is 1. The number of fused-ring (bicyclic) bond motifs is 1. The maximum absolute atomic E-state index is 11.7. The lowest BCUT2D eigenvalue weighted by Gasteiger charge is -2.26. The van der Waals surface area contributed by atoms with Crippen LogP contribution in [0.25, 0.3) is 0 Å². The van der Waals surface area contributed by atoms with Gasteiger partial charge in [0.1, 0.15) is 11.4 Å². The van der Waals surface area contributed by atoms with Crippen molar-refractivity contribution in [2.45, 2.75) is 12.3 Å². The molecule has 0 aromatic heterocycles. The minimum atomic E-state index is -0.479. The van der Waals surface area contributed by atoms with Gasteiger partial charge in [0, 0.05) is 31.1 Å². The third-order valence-corrected chi connectivity index (χ3v) is 4.31. The van der Waals surface area contributed by atoms with Crippen LogP contribution in [-0.4, -0.2) is 31.0 Å². The molecule has 0 fully saturated rings. The van der Waals surface area contributed by atoms with Crippen molar-refractivity contribution in [3.05, 3.63) is 63.7 Å². The maximum atomic E-state index is 11.7. The first-order chi connectivity index (χ1) is 12.1. The Hall–Kier alpha value is -3.09. The zero-order chi connectivity index (χ0) is 17.8. The largest absolute Gasteiger partial charge is 0.493 e. The van der Waals surface area contributed by atoms with Crippen LogP contribution in [0.3, 0.4) is 0 Å². The Morgan fingerprint density at radius 1 is 1.32 bits per heavy atom. The van der Waals surface area contributed by atoms with E-state index < -0.39 is 4.92 Å². The molecule has 1 aliphatic rings. The lowest BCUT2D eigenvalue weighted by Crippen LogP contribution is -2.21. The summed E-state index contributed by atoms with van der Waals surface area (Å²) in [6.07, 6.45) is 0.841. The molecule has 1 heterocycles. The van der Waals surface area contributed by atoms with Gasteiger partial charge in [-0.2, -0.15) is 0 Å². The Labute approximate surface area is 145 Å².